The summed E-state index contributed by atoms with van der Waals surface area (Å²) >= 11 is 3.34. The first kappa shape index (κ1) is 12.8. The zero-order chi connectivity index (χ0) is 12.1. The van der Waals surface area contributed by atoms with E-state index in [-0.39, 0.29) is 0 Å². The number of likely N-dealkylation sites (tertiary alicyclic amines) is 1. The van der Waals surface area contributed by atoms with Crippen LogP contribution in [0.15, 0.2) is 16.9 Å². The quantitative estimate of drug-likeness (QED) is 0.927. The lowest BCUT2D eigenvalue weighted by Crippen LogP contribution is -2.39. The molecule has 17 heavy (non-hydrogen) atoms. The molecule has 1 N–H and O–H groups in total. The van der Waals surface area contributed by atoms with E-state index in [4.69, 9.17) is 0 Å². The van der Waals surface area contributed by atoms with Gasteiger partial charge in [0.2, 0.25) is 5.95 Å². The molecule has 0 bridgehead atoms. The minimum absolute atomic E-state index is 0.518. The van der Waals surface area contributed by atoms with Crippen LogP contribution in [0.1, 0.15) is 26.2 Å². The summed E-state index contributed by atoms with van der Waals surface area (Å²) in [6, 6.07) is 0.518. The number of rotatable bonds is 4. The first-order chi connectivity index (χ1) is 8.28. The number of aromatic nitrogens is 2. The highest BCUT2D eigenvalue weighted by Crippen LogP contribution is 2.15. The number of nitrogens with one attached hydrogen (secondary N) is 1. The van der Waals surface area contributed by atoms with Crippen LogP contribution in [0, 0.1) is 0 Å². The Bertz CT molecular complexity index is 333. The van der Waals surface area contributed by atoms with Crippen molar-refractivity contribution < 1.29 is 0 Å². The molecule has 0 atom stereocenters. The summed E-state index contributed by atoms with van der Waals surface area (Å²) in [5, 5.41) is 3.40. The van der Waals surface area contributed by atoms with E-state index in [0.29, 0.717) is 6.04 Å². The molecule has 1 aromatic heterocycles. The maximum atomic E-state index is 4.25. The number of anilines is 1. The monoisotopic (exact) mass is 298 g/mol. The van der Waals surface area contributed by atoms with Gasteiger partial charge >= 0.3 is 0 Å². The van der Waals surface area contributed by atoms with Gasteiger partial charge < -0.3 is 10.2 Å². The molecule has 0 amide bonds. The third kappa shape index (κ3) is 3.92. The molecular weight excluding hydrogens is 280 g/mol. The van der Waals surface area contributed by atoms with E-state index in [1.807, 2.05) is 0 Å². The van der Waals surface area contributed by atoms with E-state index in [9.17, 15) is 0 Å². The highest BCUT2D eigenvalue weighted by atomic mass is 79.9. The van der Waals surface area contributed by atoms with E-state index in [2.05, 4.69) is 43.0 Å². The maximum Gasteiger partial charge on any atom is 0.222 e. The number of piperidine rings is 1. The average molecular weight is 299 g/mol. The van der Waals surface area contributed by atoms with Gasteiger partial charge in [0.25, 0.3) is 0 Å². The number of hydrogen-bond donors (Lipinski definition) is 1. The Morgan fingerprint density at radius 2 is 2.00 bits per heavy atom. The Kier molecular flexibility index (Phi) is 4.74. The molecule has 2 rings (SSSR count). The van der Waals surface area contributed by atoms with Gasteiger partial charge in [-0.3, -0.25) is 0 Å². The van der Waals surface area contributed by atoms with Crippen LogP contribution < -0.4 is 5.32 Å². The molecule has 0 aromatic carbocycles. The lowest BCUT2D eigenvalue weighted by atomic mass is 10.1. The minimum atomic E-state index is 0.518. The second-order valence-corrected chi connectivity index (χ2v) is 5.40. The number of nitrogens with zero attached hydrogens (tertiary/aromatic N) is 3. The van der Waals surface area contributed by atoms with Crippen molar-refractivity contribution >= 4 is 21.9 Å². The van der Waals surface area contributed by atoms with Crippen molar-refractivity contribution in [1.29, 1.82) is 0 Å². The minimum Gasteiger partial charge on any atom is -0.351 e. The van der Waals surface area contributed by atoms with Crippen LogP contribution in [0.2, 0.25) is 0 Å². The summed E-state index contributed by atoms with van der Waals surface area (Å²) in [7, 11) is 0. The van der Waals surface area contributed by atoms with Gasteiger partial charge in [0.15, 0.2) is 0 Å². The summed E-state index contributed by atoms with van der Waals surface area (Å²) in [5.74, 6) is 0.738. The Morgan fingerprint density at radius 3 is 2.59 bits per heavy atom. The number of halogens is 1. The van der Waals surface area contributed by atoms with Crippen LogP contribution in [0.25, 0.3) is 0 Å². The van der Waals surface area contributed by atoms with Crippen LogP contribution in [-0.4, -0.2) is 40.5 Å². The number of hydrogen-bond acceptors (Lipinski definition) is 4. The van der Waals surface area contributed by atoms with Gasteiger partial charge in [-0.1, -0.05) is 6.92 Å². The van der Waals surface area contributed by atoms with E-state index >= 15 is 0 Å². The summed E-state index contributed by atoms with van der Waals surface area (Å²) in [5.41, 5.74) is 0. The summed E-state index contributed by atoms with van der Waals surface area (Å²) < 4.78 is 0.917. The predicted octanol–water partition coefficient (Wildman–Crippen LogP) is 2.53. The van der Waals surface area contributed by atoms with E-state index in [1.165, 1.54) is 38.9 Å². The second kappa shape index (κ2) is 6.31. The maximum absolute atomic E-state index is 4.25. The molecule has 0 saturated carbocycles. The third-order valence-corrected chi connectivity index (χ3v) is 3.49. The summed E-state index contributed by atoms with van der Waals surface area (Å²) in [6.07, 6.45) is 7.16. The van der Waals surface area contributed by atoms with Gasteiger partial charge in [-0.2, -0.15) is 0 Å². The van der Waals surface area contributed by atoms with E-state index < -0.39 is 0 Å². The van der Waals surface area contributed by atoms with Gasteiger partial charge in [0.1, 0.15) is 0 Å². The molecule has 1 fully saturated rings. The van der Waals surface area contributed by atoms with Crippen molar-refractivity contribution in [2.75, 3.05) is 25.0 Å². The van der Waals surface area contributed by atoms with Crippen molar-refractivity contribution in [1.82, 2.24) is 14.9 Å². The van der Waals surface area contributed by atoms with E-state index in [1.54, 1.807) is 12.4 Å². The SMILES string of the molecule is CCCN1CCC(Nc2ncc(Br)cn2)CC1. The largest absolute Gasteiger partial charge is 0.351 e. The summed E-state index contributed by atoms with van der Waals surface area (Å²) in [4.78, 5) is 11.0. The normalized spacial score (nSPS) is 18.2. The molecule has 2 heterocycles. The van der Waals surface area contributed by atoms with Crippen LogP contribution >= 0.6 is 15.9 Å². The molecule has 0 spiro atoms. The second-order valence-electron chi connectivity index (χ2n) is 4.49. The molecule has 1 aliphatic heterocycles. The zero-order valence-corrected chi connectivity index (χ0v) is 11.8. The fourth-order valence-electron chi connectivity index (χ4n) is 2.19. The molecule has 0 radical (unpaired) electrons. The van der Waals surface area contributed by atoms with Crippen LogP contribution in [0.5, 0.6) is 0 Å². The van der Waals surface area contributed by atoms with E-state index in [0.717, 1.165) is 10.4 Å². The third-order valence-electron chi connectivity index (χ3n) is 3.08. The predicted molar refractivity (Wildman–Crippen MR) is 73.1 cm³/mol. The average Bonchev–Trinajstić information content (AvgIpc) is 2.35. The lowest BCUT2D eigenvalue weighted by molar-refractivity contribution is 0.219. The Hall–Kier alpha value is -0.680. The molecule has 1 aliphatic rings. The Morgan fingerprint density at radius 1 is 1.35 bits per heavy atom. The van der Waals surface area contributed by atoms with Gasteiger partial charge in [0, 0.05) is 31.5 Å². The van der Waals surface area contributed by atoms with Crippen LogP contribution in [-0.2, 0) is 0 Å². The highest BCUT2D eigenvalue weighted by Gasteiger charge is 2.18. The Labute approximate surface area is 111 Å². The molecule has 1 aromatic rings. The molecule has 0 aliphatic carbocycles. The highest BCUT2D eigenvalue weighted by molar-refractivity contribution is 9.10. The molecule has 4 nitrogen and oxygen atoms in total. The van der Waals surface area contributed by atoms with Gasteiger partial charge in [-0.25, -0.2) is 9.97 Å². The van der Waals surface area contributed by atoms with Crippen molar-refractivity contribution in [3.8, 4) is 0 Å². The van der Waals surface area contributed by atoms with Gasteiger partial charge in [0.05, 0.1) is 4.47 Å². The smallest absolute Gasteiger partial charge is 0.222 e. The van der Waals surface area contributed by atoms with Crippen LogP contribution in [0.3, 0.4) is 0 Å². The zero-order valence-electron chi connectivity index (χ0n) is 10.2. The molecule has 94 valence electrons. The molecule has 0 unspecified atom stereocenters. The fourth-order valence-corrected chi connectivity index (χ4v) is 2.39. The van der Waals surface area contributed by atoms with Crippen LogP contribution in [0.4, 0.5) is 5.95 Å². The van der Waals surface area contributed by atoms with Crippen molar-refractivity contribution in [2.24, 2.45) is 0 Å². The lowest BCUT2D eigenvalue weighted by Gasteiger charge is -2.32. The molecule has 1 saturated heterocycles. The summed E-state index contributed by atoms with van der Waals surface area (Å²) in [6.45, 7) is 5.82. The van der Waals surface area contributed by atoms with Crippen molar-refractivity contribution in [3.05, 3.63) is 16.9 Å². The topological polar surface area (TPSA) is 41.0 Å². The Balaban J connectivity index is 1.79. The standard InChI is InChI=1S/C12H19BrN4/c1-2-5-17-6-3-11(4-7-17)16-12-14-8-10(13)9-15-12/h8-9,11H,2-7H2,1H3,(H,14,15,16). The van der Waals surface area contributed by atoms with Gasteiger partial charge in [-0.15, -0.1) is 0 Å². The first-order valence-electron chi connectivity index (χ1n) is 6.24. The first-order valence-corrected chi connectivity index (χ1v) is 7.03. The van der Waals surface area contributed by atoms with Crippen molar-refractivity contribution in [2.45, 2.75) is 32.2 Å². The molecule has 5 heteroatoms. The van der Waals surface area contributed by atoms with Crippen molar-refractivity contribution in [3.63, 3.8) is 0 Å². The molecular formula is C12H19BrN4. The fraction of sp³-hybridized carbons (Fsp3) is 0.667. The van der Waals surface area contributed by atoms with Gasteiger partial charge in [-0.05, 0) is 41.7 Å².